The van der Waals surface area contributed by atoms with Crippen LogP contribution in [0.1, 0.15) is 106 Å². The fourth-order valence-corrected chi connectivity index (χ4v) is 12.0. The van der Waals surface area contributed by atoms with Gasteiger partial charge in [-0.2, -0.15) is 5.48 Å². The van der Waals surface area contributed by atoms with Crippen molar-refractivity contribution in [3.05, 3.63) is 12.2 Å². The van der Waals surface area contributed by atoms with Gasteiger partial charge in [-0.25, -0.2) is 0 Å². The molecule has 5 saturated carbocycles. The molecule has 0 aromatic carbocycles. The summed E-state index contributed by atoms with van der Waals surface area (Å²) in [7, 11) is 1.51. The summed E-state index contributed by atoms with van der Waals surface area (Å²) >= 11 is 0. The Labute approximate surface area is 236 Å². The Morgan fingerprint density at radius 1 is 0.897 bits per heavy atom. The molecule has 5 aliphatic carbocycles. The predicted molar refractivity (Wildman–Crippen MR) is 151 cm³/mol. The Morgan fingerprint density at radius 3 is 2.26 bits per heavy atom. The molecule has 220 valence electrons. The first-order chi connectivity index (χ1) is 18.2. The van der Waals surface area contributed by atoms with Crippen LogP contribution >= 0.6 is 0 Å². The summed E-state index contributed by atoms with van der Waals surface area (Å²) in [6.07, 6.45) is 10.1. The second-order valence-electron chi connectivity index (χ2n) is 15.5. The van der Waals surface area contributed by atoms with Crippen LogP contribution in [0.4, 0.5) is 0 Å². The Kier molecular flexibility index (Phi) is 7.15. The number of ether oxygens (including phenoxy) is 1. The SMILES string of the molecule is C=C(C)C1CC[C@]2(C(=O)O)CC[C@]3(C)C(CCC4[C@@]5(C)CC[C@H](OC(=O)CNOC)C(C)(C)C5CC[C@]43C)C12. The molecular weight excluding hydrogens is 490 g/mol. The molecule has 0 radical (unpaired) electrons. The summed E-state index contributed by atoms with van der Waals surface area (Å²) in [5.41, 5.74) is 3.63. The minimum Gasteiger partial charge on any atom is -0.481 e. The van der Waals surface area contributed by atoms with Gasteiger partial charge in [-0.05, 0) is 117 Å². The van der Waals surface area contributed by atoms with Crippen LogP contribution in [0.2, 0.25) is 0 Å². The van der Waals surface area contributed by atoms with Gasteiger partial charge >= 0.3 is 11.9 Å². The molecule has 0 amide bonds. The van der Waals surface area contributed by atoms with Crippen molar-refractivity contribution in [3.63, 3.8) is 0 Å². The van der Waals surface area contributed by atoms with E-state index in [4.69, 9.17) is 9.57 Å². The van der Waals surface area contributed by atoms with E-state index in [1.54, 1.807) is 0 Å². The monoisotopic (exact) mass is 543 g/mol. The number of hydrogen-bond donors (Lipinski definition) is 2. The van der Waals surface area contributed by atoms with E-state index in [2.05, 4.69) is 53.6 Å². The molecule has 39 heavy (non-hydrogen) atoms. The second-order valence-corrected chi connectivity index (χ2v) is 15.5. The van der Waals surface area contributed by atoms with Crippen LogP contribution in [-0.4, -0.2) is 36.8 Å². The third-order valence-corrected chi connectivity index (χ3v) is 14.1. The zero-order valence-electron chi connectivity index (χ0n) is 25.5. The number of hydroxylamine groups is 1. The second kappa shape index (κ2) is 9.58. The van der Waals surface area contributed by atoms with Gasteiger partial charge in [-0.15, -0.1) is 0 Å². The Balaban J connectivity index is 1.45. The first kappa shape index (κ1) is 29.1. The molecule has 5 fully saturated rings. The van der Waals surface area contributed by atoms with Gasteiger partial charge in [0.2, 0.25) is 0 Å². The maximum Gasteiger partial charge on any atom is 0.322 e. The van der Waals surface area contributed by atoms with E-state index in [-0.39, 0.29) is 46.2 Å². The van der Waals surface area contributed by atoms with Gasteiger partial charge in [0.15, 0.2) is 0 Å². The van der Waals surface area contributed by atoms with Gasteiger partial charge in [0.05, 0.1) is 12.5 Å². The molecule has 6 nitrogen and oxygen atoms in total. The quantitative estimate of drug-likeness (QED) is 0.218. The van der Waals surface area contributed by atoms with Gasteiger partial charge in [0.1, 0.15) is 12.6 Å². The molecule has 5 aliphatic rings. The number of fused-ring (bicyclic) bond motifs is 7. The number of allylic oxidation sites excluding steroid dienone is 1. The summed E-state index contributed by atoms with van der Waals surface area (Å²) in [5.74, 6) is 1.25. The summed E-state index contributed by atoms with van der Waals surface area (Å²) in [6, 6.07) is 0. The number of carbonyl (C=O) groups excluding carboxylic acids is 1. The lowest BCUT2D eigenvalue weighted by molar-refractivity contribution is -0.250. The lowest BCUT2D eigenvalue weighted by Crippen LogP contribution is -2.67. The molecule has 5 unspecified atom stereocenters. The van der Waals surface area contributed by atoms with E-state index in [1.165, 1.54) is 25.5 Å². The van der Waals surface area contributed by atoms with Crippen molar-refractivity contribution in [3.8, 4) is 0 Å². The lowest BCUT2D eigenvalue weighted by Gasteiger charge is -2.72. The molecule has 0 bridgehead atoms. The average molecular weight is 544 g/mol. The number of hydrogen-bond acceptors (Lipinski definition) is 5. The highest BCUT2D eigenvalue weighted by molar-refractivity contribution is 5.76. The van der Waals surface area contributed by atoms with Crippen molar-refractivity contribution in [2.75, 3.05) is 13.7 Å². The highest BCUT2D eigenvalue weighted by atomic mass is 16.6. The standard InChI is InChI=1S/C33H53NO5/c1-20(2)21-11-16-33(28(36)37)18-17-31(6)22(27(21)33)9-10-24-30(5)14-13-25(39-26(35)19-34-38-8)29(3,4)23(30)12-15-32(24,31)7/h21-25,27,34H,1,9-19H2,2-8H3,(H,36,37)/t21?,22?,23?,24?,25-,27?,30-,31+,32+,33-/m0/s1. The van der Waals surface area contributed by atoms with Gasteiger partial charge < -0.3 is 14.7 Å². The van der Waals surface area contributed by atoms with Crippen LogP contribution in [0.15, 0.2) is 12.2 Å². The molecule has 0 heterocycles. The van der Waals surface area contributed by atoms with E-state index in [0.717, 1.165) is 51.4 Å². The first-order valence-electron chi connectivity index (χ1n) is 15.5. The molecule has 0 aliphatic heterocycles. The van der Waals surface area contributed by atoms with E-state index >= 15 is 0 Å². The summed E-state index contributed by atoms with van der Waals surface area (Å²) in [5, 5.41) is 10.6. The Morgan fingerprint density at radius 2 is 1.62 bits per heavy atom. The van der Waals surface area contributed by atoms with Gasteiger partial charge in [-0.3, -0.25) is 9.59 Å². The van der Waals surface area contributed by atoms with Crippen molar-refractivity contribution in [1.29, 1.82) is 0 Å². The maximum absolute atomic E-state index is 12.9. The molecule has 0 aromatic rings. The molecule has 0 aromatic heterocycles. The Bertz CT molecular complexity index is 1020. The zero-order valence-corrected chi connectivity index (χ0v) is 25.5. The minimum absolute atomic E-state index is 0.0651. The third-order valence-electron chi connectivity index (χ3n) is 14.1. The normalized spacial score (nSPS) is 48.2. The molecule has 0 saturated heterocycles. The molecule has 0 spiro atoms. The molecular formula is C33H53NO5. The average Bonchev–Trinajstić information content (AvgIpc) is 3.26. The molecule has 2 N–H and O–H groups in total. The summed E-state index contributed by atoms with van der Waals surface area (Å²) < 4.78 is 6.04. The van der Waals surface area contributed by atoms with E-state index < -0.39 is 11.4 Å². The summed E-state index contributed by atoms with van der Waals surface area (Å²) in [4.78, 5) is 30.2. The van der Waals surface area contributed by atoms with Crippen LogP contribution in [-0.2, 0) is 19.2 Å². The number of nitrogens with one attached hydrogen (secondary N) is 1. The van der Waals surface area contributed by atoms with E-state index in [9.17, 15) is 14.7 Å². The van der Waals surface area contributed by atoms with Gasteiger partial charge in [-0.1, -0.05) is 46.8 Å². The predicted octanol–water partition coefficient (Wildman–Crippen LogP) is 6.79. The number of carbonyl (C=O) groups is 2. The number of rotatable bonds is 6. The lowest BCUT2D eigenvalue weighted by atomic mass is 9.32. The zero-order chi connectivity index (χ0) is 28.6. The topological polar surface area (TPSA) is 84.9 Å². The molecule has 10 atom stereocenters. The smallest absolute Gasteiger partial charge is 0.322 e. The summed E-state index contributed by atoms with van der Waals surface area (Å²) in [6.45, 7) is 18.9. The molecule has 5 rings (SSSR count). The minimum atomic E-state index is -0.570. The van der Waals surface area contributed by atoms with E-state index in [1.807, 2.05) is 0 Å². The van der Waals surface area contributed by atoms with E-state index in [0.29, 0.717) is 23.7 Å². The van der Waals surface area contributed by atoms with Crippen molar-refractivity contribution in [1.82, 2.24) is 5.48 Å². The van der Waals surface area contributed by atoms with Gasteiger partial charge in [0, 0.05) is 5.41 Å². The van der Waals surface area contributed by atoms with Crippen molar-refractivity contribution in [2.24, 2.45) is 56.7 Å². The molecule has 6 heteroatoms. The highest BCUT2D eigenvalue weighted by Crippen LogP contribution is 2.77. The fourth-order valence-electron chi connectivity index (χ4n) is 12.0. The third kappa shape index (κ3) is 3.93. The Hall–Kier alpha value is -1.40. The van der Waals surface area contributed by atoms with Gasteiger partial charge in [0.25, 0.3) is 0 Å². The first-order valence-corrected chi connectivity index (χ1v) is 15.5. The number of carboxylic acid groups (broad SMARTS) is 1. The van der Waals surface area contributed by atoms with Crippen molar-refractivity contribution < 1.29 is 24.3 Å². The number of esters is 1. The van der Waals surface area contributed by atoms with Crippen molar-refractivity contribution >= 4 is 11.9 Å². The van der Waals surface area contributed by atoms with Crippen molar-refractivity contribution in [2.45, 2.75) is 112 Å². The van der Waals surface area contributed by atoms with Crippen LogP contribution in [0.5, 0.6) is 0 Å². The number of carboxylic acids is 1. The van der Waals surface area contributed by atoms with Crippen LogP contribution in [0, 0.1) is 56.7 Å². The highest BCUT2D eigenvalue weighted by Gasteiger charge is 2.72. The largest absolute Gasteiger partial charge is 0.481 e. The number of aliphatic carboxylic acids is 1. The van der Waals surface area contributed by atoms with Crippen LogP contribution in [0.25, 0.3) is 0 Å². The fraction of sp³-hybridized carbons (Fsp3) is 0.879. The van der Waals surface area contributed by atoms with Crippen LogP contribution < -0.4 is 5.48 Å². The van der Waals surface area contributed by atoms with Crippen LogP contribution in [0.3, 0.4) is 0 Å². The maximum atomic E-state index is 12.9.